The van der Waals surface area contributed by atoms with Crippen molar-refractivity contribution in [2.24, 2.45) is 0 Å². The third-order valence-electron chi connectivity index (χ3n) is 8.46. The van der Waals surface area contributed by atoms with Crippen LogP contribution in [-0.4, -0.2) is 78.7 Å². The van der Waals surface area contributed by atoms with Crippen LogP contribution in [-0.2, 0) is 20.4 Å². The number of aliphatic hydroxyl groups excluding tert-OH is 1. The minimum absolute atomic E-state index is 0.119. The molecule has 0 radical (unpaired) electrons. The number of nitrogens with one attached hydrogen (secondary N) is 1. The fraction of sp³-hybridized carbons (Fsp3) is 0.607. The number of halogens is 2. The van der Waals surface area contributed by atoms with Crippen molar-refractivity contribution in [3.63, 3.8) is 0 Å². The third kappa shape index (κ3) is 4.97. The van der Waals surface area contributed by atoms with E-state index in [0.29, 0.717) is 36.2 Å². The number of rotatable bonds is 7. The minimum atomic E-state index is -3.60. The van der Waals surface area contributed by atoms with Crippen LogP contribution in [0, 0.1) is 5.82 Å². The Balaban J connectivity index is 1.30. The van der Waals surface area contributed by atoms with Crippen molar-refractivity contribution in [2.75, 3.05) is 11.9 Å². The van der Waals surface area contributed by atoms with Gasteiger partial charge in [0.25, 0.3) is 0 Å². The number of nitrogens with zero attached hydrogens (tertiary/aromatic N) is 5. The van der Waals surface area contributed by atoms with E-state index in [1.54, 1.807) is 24.5 Å². The molecule has 1 aliphatic carbocycles. The van der Waals surface area contributed by atoms with Crippen LogP contribution >= 0.6 is 11.6 Å². The zero-order valence-electron chi connectivity index (χ0n) is 24.0. The minimum Gasteiger partial charge on any atom is -0.387 e. The van der Waals surface area contributed by atoms with Crippen LogP contribution in [0.25, 0.3) is 22.3 Å². The maximum Gasteiger partial charge on any atom is 0.223 e. The van der Waals surface area contributed by atoms with E-state index < -0.39 is 51.1 Å². The average molecular weight is 623 g/mol. The Labute approximate surface area is 249 Å². The number of hydrogen-bond donors (Lipinski definition) is 3. The molecule has 3 aliphatic rings. The lowest BCUT2D eigenvalue weighted by molar-refractivity contribution is -0.0558. The Morgan fingerprint density at radius 3 is 2.60 bits per heavy atom. The summed E-state index contributed by atoms with van der Waals surface area (Å²) >= 11 is 6.49. The number of ether oxygens (including phenoxy) is 1. The van der Waals surface area contributed by atoms with E-state index in [0.717, 1.165) is 12.8 Å². The molecular formula is C28H36ClFN6O5S. The van der Waals surface area contributed by atoms with Gasteiger partial charge < -0.3 is 24.8 Å². The Morgan fingerprint density at radius 2 is 1.93 bits per heavy atom. The topological polar surface area (TPSA) is 143 Å². The molecule has 1 aromatic carbocycles. The summed E-state index contributed by atoms with van der Waals surface area (Å²) in [7, 11) is -3.60. The quantitative estimate of drug-likeness (QED) is 0.357. The summed E-state index contributed by atoms with van der Waals surface area (Å²) in [5.74, 6) is -0.0941. The van der Waals surface area contributed by atoms with Gasteiger partial charge in [0.2, 0.25) is 16.0 Å². The van der Waals surface area contributed by atoms with Gasteiger partial charge in [0.1, 0.15) is 23.0 Å². The van der Waals surface area contributed by atoms with E-state index in [2.05, 4.69) is 20.3 Å². The Bertz CT molecular complexity index is 1620. The second-order valence-electron chi connectivity index (χ2n) is 12.3. The van der Waals surface area contributed by atoms with Crippen molar-refractivity contribution < 1.29 is 27.8 Å². The highest BCUT2D eigenvalue weighted by atomic mass is 35.5. The molecule has 42 heavy (non-hydrogen) atoms. The van der Waals surface area contributed by atoms with Crippen LogP contribution in [0.15, 0.2) is 18.3 Å². The zero-order valence-corrected chi connectivity index (χ0v) is 25.5. The number of sulfonamides is 1. The SMILES string of the molecule is CC(C)n1c(C(C)(C)O)nc2c(F)cc(-c3nc(N[C@@H]4C[C@H]5CO[C@@H]([C@H]4O)N5S(=O)(=O)C4CCCC4)ncc3Cl)cc21. The van der Waals surface area contributed by atoms with Crippen LogP contribution in [0.1, 0.15) is 71.7 Å². The number of anilines is 1. The monoisotopic (exact) mass is 622 g/mol. The first kappa shape index (κ1) is 29.6. The van der Waals surface area contributed by atoms with Crippen LogP contribution < -0.4 is 5.32 Å². The van der Waals surface area contributed by atoms with Crippen molar-refractivity contribution in [3.05, 3.63) is 35.0 Å². The summed E-state index contributed by atoms with van der Waals surface area (Å²) in [5, 5.41) is 24.8. The molecule has 6 rings (SSSR count). The highest BCUT2D eigenvalue weighted by Gasteiger charge is 2.54. The fourth-order valence-electron chi connectivity index (χ4n) is 6.52. The van der Waals surface area contributed by atoms with Gasteiger partial charge in [-0.3, -0.25) is 0 Å². The lowest BCUT2D eigenvalue weighted by Gasteiger charge is -2.40. The fourth-order valence-corrected chi connectivity index (χ4v) is 9.03. The zero-order chi connectivity index (χ0) is 30.1. The molecule has 3 fully saturated rings. The standard InChI is InChI=1S/C28H36ClFN6O5S/c1-14(2)35-21-10-15(9-19(30)23(21)33-26(35)28(3,4)38)22-18(29)12-31-27(34-22)32-20-11-16-13-41-25(24(20)37)36(16)42(39,40)17-7-5-6-8-17/h9-10,12,14,16-17,20,24-25,37-38H,5-8,11,13H2,1-4H3,(H,31,32,34)/t16-,20+,24-,25-/m0/s1. The van der Waals surface area contributed by atoms with Gasteiger partial charge >= 0.3 is 0 Å². The molecule has 14 heteroatoms. The second kappa shape index (κ2) is 10.6. The summed E-state index contributed by atoms with van der Waals surface area (Å²) in [4.78, 5) is 13.3. The summed E-state index contributed by atoms with van der Waals surface area (Å²) in [6, 6.07) is 1.91. The van der Waals surface area contributed by atoms with Gasteiger partial charge in [0, 0.05) is 11.6 Å². The first-order valence-electron chi connectivity index (χ1n) is 14.3. The van der Waals surface area contributed by atoms with Crippen LogP contribution in [0.5, 0.6) is 0 Å². The molecule has 11 nitrogen and oxygen atoms in total. The lowest BCUT2D eigenvalue weighted by atomic mass is 9.98. The number of hydrogen-bond acceptors (Lipinski definition) is 9. The van der Waals surface area contributed by atoms with E-state index in [9.17, 15) is 18.6 Å². The largest absolute Gasteiger partial charge is 0.387 e. The van der Waals surface area contributed by atoms with Gasteiger partial charge in [-0.1, -0.05) is 24.4 Å². The molecule has 0 amide bonds. The summed E-state index contributed by atoms with van der Waals surface area (Å²) in [6.07, 6.45) is 2.57. The van der Waals surface area contributed by atoms with E-state index in [4.69, 9.17) is 16.3 Å². The Kier molecular flexibility index (Phi) is 7.51. The van der Waals surface area contributed by atoms with E-state index >= 15 is 4.39 Å². The average Bonchev–Trinajstić information content (AvgIpc) is 3.66. The summed E-state index contributed by atoms with van der Waals surface area (Å²) in [6.45, 7) is 7.26. The molecule has 3 aromatic rings. The third-order valence-corrected chi connectivity index (χ3v) is 11.1. The highest BCUT2D eigenvalue weighted by Crippen LogP contribution is 2.39. The van der Waals surface area contributed by atoms with Crippen LogP contribution in [0.2, 0.25) is 5.02 Å². The van der Waals surface area contributed by atoms with Gasteiger partial charge in [0.05, 0.1) is 46.4 Å². The second-order valence-corrected chi connectivity index (χ2v) is 14.8. The molecular weight excluding hydrogens is 587 g/mol. The number of aliphatic hydroxyl groups is 2. The molecule has 0 spiro atoms. The predicted molar refractivity (Wildman–Crippen MR) is 156 cm³/mol. The molecule has 228 valence electrons. The number of aromatic nitrogens is 4. The first-order chi connectivity index (χ1) is 19.8. The van der Waals surface area contributed by atoms with E-state index in [1.807, 2.05) is 13.8 Å². The first-order valence-corrected chi connectivity index (χ1v) is 16.2. The number of fused-ring (bicyclic) bond motifs is 3. The van der Waals surface area contributed by atoms with Gasteiger partial charge in [-0.2, -0.15) is 4.31 Å². The molecule has 2 saturated heterocycles. The molecule has 4 heterocycles. The van der Waals surface area contributed by atoms with Crippen LogP contribution in [0.4, 0.5) is 10.3 Å². The molecule has 0 unspecified atom stereocenters. The Morgan fingerprint density at radius 1 is 1.21 bits per heavy atom. The predicted octanol–water partition coefficient (Wildman–Crippen LogP) is 3.94. The van der Waals surface area contributed by atoms with E-state index in [1.165, 1.54) is 16.6 Å². The van der Waals surface area contributed by atoms with Gasteiger partial charge in [-0.15, -0.1) is 0 Å². The maximum atomic E-state index is 15.4. The van der Waals surface area contributed by atoms with Gasteiger partial charge in [-0.05, 0) is 59.1 Å². The smallest absolute Gasteiger partial charge is 0.223 e. The lowest BCUT2D eigenvalue weighted by Crippen LogP contribution is -2.60. The Hall–Kier alpha value is -2.42. The molecule has 2 aromatic heterocycles. The summed E-state index contributed by atoms with van der Waals surface area (Å²) < 4.78 is 51.1. The van der Waals surface area contributed by atoms with Gasteiger partial charge in [0.15, 0.2) is 12.0 Å². The van der Waals surface area contributed by atoms with Crippen molar-refractivity contribution in [2.45, 2.75) is 101 Å². The van der Waals surface area contributed by atoms with Crippen molar-refractivity contribution in [3.8, 4) is 11.3 Å². The number of benzene rings is 1. The van der Waals surface area contributed by atoms with Crippen LogP contribution in [0.3, 0.4) is 0 Å². The maximum absolute atomic E-state index is 15.4. The molecule has 4 atom stereocenters. The van der Waals surface area contributed by atoms with Crippen molar-refractivity contribution >= 4 is 38.6 Å². The van der Waals surface area contributed by atoms with Crippen molar-refractivity contribution in [1.82, 2.24) is 23.8 Å². The summed E-state index contributed by atoms with van der Waals surface area (Å²) in [5.41, 5.74) is -0.0188. The molecule has 2 aliphatic heterocycles. The highest BCUT2D eigenvalue weighted by molar-refractivity contribution is 7.89. The molecule has 1 saturated carbocycles. The van der Waals surface area contributed by atoms with Gasteiger partial charge in [-0.25, -0.2) is 27.8 Å². The van der Waals surface area contributed by atoms with E-state index in [-0.39, 0.29) is 34.8 Å². The molecule has 2 bridgehead atoms. The number of piperidine rings is 1. The van der Waals surface area contributed by atoms with Crippen molar-refractivity contribution in [1.29, 1.82) is 0 Å². The normalized spacial score (nSPS) is 25.6. The number of imidazole rings is 1. The molecule has 3 N–H and O–H groups in total.